The number of hydrogen-bond acceptors (Lipinski definition) is 3. The Morgan fingerprint density at radius 2 is 1.94 bits per heavy atom. The van der Waals surface area contributed by atoms with Crippen LogP contribution in [0.5, 0.6) is 5.75 Å². The van der Waals surface area contributed by atoms with Crippen LogP contribution in [0, 0.1) is 0 Å². The van der Waals surface area contributed by atoms with Crippen molar-refractivity contribution in [3.63, 3.8) is 0 Å². The van der Waals surface area contributed by atoms with E-state index in [4.69, 9.17) is 9.47 Å². The van der Waals surface area contributed by atoms with E-state index in [0.717, 1.165) is 18.8 Å². The Balaban J connectivity index is 2.09. The number of para-hydroxylation sites is 2. The second-order valence-corrected chi connectivity index (χ2v) is 4.55. The van der Waals surface area contributed by atoms with Gasteiger partial charge >= 0.3 is 0 Å². The maximum atomic E-state index is 5.93. The molecule has 2 rings (SSSR count). The molecule has 0 saturated carbocycles. The molecular weight excluding hydrogens is 214 g/mol. The molecule has 0 aromatic heterocycles. The third-order valence-corrected chi connectivity index (χ3v) is 3.04. The summed E-state index contributed by atoms with van der Waals surface area (Å²) in [4.78, 5) is 2.40. The lowest BCUT2D eigenvalue weighted by molar-refractivity contribution is 0.0923. The van der Waals surface area contributed by atoms with Crippen LogP contribution in [0.15, 0.2) is 24.3 Å². The number of benzene rings is 1. The van der Waals surface area contributed by atoms with Gasteiger partial charge in [-0.15, -0.1) is 0 Å². The van der Waals surface area contributed by atoms with E-state index in [1.54, 1.807) is 7.11 Å². The Morgan fingerprint density at radius 1 is 1.24 bits per heavy atom. The van der Waals surface area contributed by atoms with Crippen LogP contribution in [-0.2, 0) is 4.74 Å². The highest BCUT2D eigenvalue weighted by molar-refractivity contribution is 5.58. The van der Waals surface area contributed by atoms with Gasteiger partial charge in [-0.25, -0.2) is 0 Å². The highest BCUT2D eigenvalue weighted by atomic mass is 16.5. The van der Waals surface area contributed by atoms with Crippen LogP contribution in [0.1, 0.15) is 19.8 Å². The lowest BCUT2D eigenvalue weighted by atomic mass is 10.2. The fraction of sp³-hybridized carbons (Fsp3) is 0.571. The van der Waals surface area contributed by atoms with Gasteiger partial charge in [0.1, 0.15) is 11.9 Å². The minimum atomic E-state index is 0.0868. The van der Waals surface area contributed by atoms with Crippen molar-refractivity contribution in [1.29, 1.82) is 0 Å². The van der Waals surface area contributed by atoms with E-state index in [0.29, 0.717) is 6.61 Å². The minimum Gasteiger partial charge on any atom is -0.486 e. The summed E-state index contributed by atoms with van der Waals surface area (Å²) in [6.07, 6.45) is 2.65. The first kappa shape index (κ1) is 12.2. The van der Waals surface area contributed by atoms with Crippen molar-refractivity contribution in [1.82, 2.24) is 0 Å². The molecule has 1 atom stereocenters. The molecule has 0 spiro atoms. The van der Waals surface area contributed by atoms with Crippen molar-refractivity contribution in [2.24, 2.45) is 0 Å². The van der Waals surface area contributed by atoms with Gasteiger partial charge in [0.25, 0.3) is 0 Å². The largest absolute Gasteiger partial charge is 0.486 e. The summed E-state index contributed by atoms with van der Waals surface area (Å²) in [7, 11) is 1.70. The molecule has 0 aliphatic carbocycles. The molecule has 1 unspecified atom stereocenters. The fourth-order valence-corrected chi connectivity index (χ4v) is 2.26. The van der Waals surface area contributed by atoms with E-state index >= 15 is 0 Å². The Morgan fingerprint density at radius 3 is 2.65 bits per heavy atom. The fourth-order valence-electron chi connectivity index (χ4n) is 2.26. The van der Waals surface area contributed by atoms with Crippen LogP contribution in [0.4, 0.5) is 5.69 Å². The van der Waals surface area contributed by atoms with Gasteiger partial charge in [-0.3, -0.25) is 0 Å². The molecule has 1 aromatic carbocycles. The number of nitrogens with zero attached hydrogens (tertiary/aromatic N) is 1. The number of rotatable bonds is 5. The first-order valence-corrected chi connectivity index (χ1v) is 6.31. The van der Waals surface area contributed by atoms with Gasteiger partial charge in [0.15, 0.2) is 0 Å². The number of ether oxygens (including phenoxy) is 2. The van der Waals surface area contributed by atoms with Crippen molar-refractivity contribution >= 4 is 5.69 Å². The summed E-state index contributed by atoms with van der Waals surface area (Å²) in [6, 6.07) is 8.27. The monoisotopic (exact) mass is 235 g/mol. The van der Waals surface area contributed by atoms with Crippen LogP contribution in [0.2, 0.25) is 0 Å². The van der Waals surface area contributed by atoms with Crippen LogP contribution < -0.4 is 9.64 Å². The molecule has 3 heteroatoms. The predicted octanol–water partition coefficient (Wildman–Crippen LogP) is 2.70. The smallest absolute Gasteiger partial charge is 0.143 e. The van der Waals surface area contributed by atoms with E-state index in [1.165, 1.54) is 18.5 Å². The molecule has 1 heterocycles. The molecular formula is C14H21NO2. The van der Waals surface area contributed by atoms with Crippen LogP contribution >= 0.6 is 0 Å². The van der Waals surface area contributed by atoms with Crippen molar-refractivity contribution in [3.05, 3.63) is 24.3 Å². The molecule has 0 radical (unpaired) electrons. The summed E-state index contributed by atoms with van der Waals surface area (Å²) in [6.45, 7) is 4.93. The molecule has 1 saturated heterocycles. The second-order valence-electron chi connectivity index (χ2n) is 4.55. The topological polar surface area (TPSA) is 21.7 Å². The van der Waals surface area contributed by atoms with Crippen molar-refractivity contribution < 1.29 is 9.47 Å². The molecule has 0 amide bonds. The summed E-state index contributed by atoms with van der Waals surface area (Å²) < 4.78 is 11.0. The lowest BCUT2D eigenvalue weighted by Crippen LogP contribution is -2.22. The molecule has 0 bridgehead atoms. The number of hydrogen-bond donors (Lipinski definition) is 0. The van der Waals surface area contributed by atoms with Gasteiger partial charge in [-0.2, -0.15) is 0 Å². The van der Waals surface area contributed by atoms with E-state index < -0.39 is 0 Å². The molecule has 1 fully saturated rings. The quantitative estimate of drug-likeness (QED) is 0.783. The lowest BCUT2D eigenvalue weighted by Gasteiger charge is -2.23. The third-order valence-electron chi connectivity index (χ3n) is 3.04. The SMILES string of the molecule is COCC(C)Oc1ccccc1N1CCCC1. The zero-order valence-corrected chi connectivity index (χ0v) is 10.7. The van der Waals surface area contributed by atoms with Gasteiger partial charge in [-0.05, 0) is 31.9 Å². The van der Waals surface area contributed by atoms with E-state index in [9.17, 15) is 0 Å². The number of methoxy groups -OCH3 is 1. The Bertz CT molecular complexity index is 348. The number of anilines is 1. The average molecular weight is 235 g/mol. The maximum Gasteiger partial charge on any atom is 0.143 e. The maximum absolute atomic E-state index is 5.93. The first-order chi connectivity index (χ1) is 8.31. The minimum absolute atomic E-state index is 0.0868. The molecule has 3 nitrogen and oxygen atoms in total. The van der Waals surface area contributed by atoms with Crippen LogP contribution in [-0.4, -0.2) is 32.9 Å². The zero-order chi connectivity index (χ0) is 12.1. The molecule has 0 N–H and O–H groups in total. The normalized spacial score (nSPS) is 17.2. The predicted molar refractivity (Wildman–Crippen MR) is 69.9 cm³/mol. The van der Waals surface area contributed by atoms with Gasteiger partial charge in [0.2, 0.25) is 0 Å². The molecule has 94 valence electrons. The second kappa shape index (κ2) is 5.92. The standard InChI is InChI=1S/C14H21NO2/c1-12(11-16-2)17-14-8-4-3-7-13(14)15-9-5-6-10-15/h3-4,7-8,12H,5-6,9-11H2,1-2H3. The average Bonchev–Trinajstić information content (AvgIpc) is 2.83. The highest BCUT2D eigenvalue weighted by Gasteiger charge is 2.17. The molecule has 17 heavy (non-hydrogen) atoms. The molecule has 1 aliphatic rings. The van der Waals surface area contributed by atoms with Crippen molar-refractivity contribution in [2.75, 3.05) is 31.7 Å². The molecule has 1 aromatic rings. The van der Waals surface area contributed by atoms with Crippen molar-refractivity contribution in [3.8, 4) is 5.75 Å². The van der Waals surface area contributed by atoms with Gasteiger partial charge in [0.05, 0.1) is 12.3 Å². The van der Waals surface area contributed by atoms with E-state index in [1.807, 2.05) is 19.1 Å². The Kier molecular flexibility index (Phi) is 4.26. The van der Waals surface area contributed by atoms with Gasteiger partial charge in [-0.1, -0.05) is 12.1 Å². The Hall–Kier alpha value is -1.22. The summed E-state index contributed by atoms with van der Waals surface area (Å²) in [5, 5.41) is 0. The van der Waals surface area contributed by atoms with Crippen LogP contribution in [0.25, 0.3) is 0 Å². The van der Waals surface area contributed by atoms with Crippen LogP contribution in [0.3, 0.4) is 0 Å². The summed E-state index contributed by atoms with van der Waals surface area (Å²) in [5.74, 6) is 0.971. The van der Waals surface area contributed by atoms with Crippen molar-refractivity contribution in [2.45, 2.75) is 25.9 Å². The van der Waals surface area contributed by atoms with E-state index in [-0.39, 0.29) is 6.10 Å². The summed E-state index contributed by atoms with van der Waals surface area (Å²) >= 11 is 0. The van der Waals surface area contributed by atoms with E-state index in [2.05, 4.69) is 17.0 Å². The highest BCUT2D eigenvalue weighted by Crippen LogP contribution is 2.31. The third kappa shape index (κ3) is 3.13. The first-order valence-electron chi connectivity index (χ1n) is 6.31. The zero-order valence-electron chi connectivity index (χ0n) is 10.7. The summed E-state index contributed by atoms with van der Waals surface area (Å²) in [5.41, 5.74) is 1.22. The van der Waals surface area contributed by atoms with Gasteiger partial charge < -0.3 is 14.4 Å². The Labute approximate surface area is 103 Å². The molecule has 1 aliphatic heterocycles. The van der Waals surface area contributed by atoms with Gasteiger partial charge in [0, 0.05) is 20.2 Å².